The summed E-state index contributed by atoms with van der Waals surface area (Å²) in [5.41, 5.74) is 0.527. The number of hydrazone groups is 1. The van der Waals surface area contributed by atoms with Crippen LogP contribution >= 0.6 is 0 Å². The molecule has 0 amide bonds. The van der Waals surface area contributed by atoms with Crippen molar-refractivity contribution in [3.05, 3.63) is 35.6 Å². The Kier molecular flexibility index (Phi) is 2.50. The van der Waals surface area contributed by atoms with Gasteiger partial charge in [0, 0.05) is 31.7 Å². The van der Waals surface area contributed by atoms with Gasteiger partial charge < -0.3 is 5.11 Å². The van der Waals surface area contributed by atoms with Gasteiger partial charge in [0.25, 0.3) is 0 Å². The molecule has 0 aromatic heterocycles. The molecule has 1 aliphatic heterocycles. The highest BCUT2D eigenvalue weighted by molar-refractivity contribution is 5.78. The number of rotatable bonds is 1. The van der Waals surface area contributed by atoms with Gasteiger partial charge in [-0.25, -0.2) is 4.39 Å². The molecule has 0 unspecified atom stereocenters. The van der Waals surface area contributed by atoms with Gasteiger partial charge in [0.1, 0.15) is 5.82 Å². The summed E-state index contributed by atoms with van der Waals surface area (Å²) in [6, 6.07) is 6.08. The molecule has 1 aromatic carbocycles. The molecule has 0 atom stereocenters. The molecule has 0 saturated heterocycles. The van der Waals surface area contributed by atoms with E-state index in [2.05, 4.69) is 5.10 Å². The van der Waals surface area contributed by atoms with Crippen molar-refractivity contribution < 1.29 is 14.2 Å². The maximum Gasteiger partial charge on any atom is 0.203 e. The molecule has 1 heterocycles. The normalized spacial score (nSPS) is 21.2. The predicted molar refractivity (Wildman–Crippen MR) is 58.0 cm³/mol. The third-order valence-corrected chi connectivity index (χ3v) is 2.56. The van der Waals surface area contributed by atoms with Crippen LogP contribution in [0.1, 0.15) is 25.8 Å². The van der Waals surface area contributed by atoms with E-state index in [1.807, 2.05) is 13.8 Å². The SMILES string of the molecule is CC1(C)CC([O-])=N/[N+]1=C\c1ccc(F)cc1. The predicted octanol–water partition coefficient (Wildman–Crippen LogP) is 1.11. The van der Waals surface area contributed by atoms with E-state index in [1.54, 1.807) is 23.0 Å². The molecular formula is C12H13FN2O. The van der Waals surface area contributed by atoms with E-state index in [0.29, 0.717) is 6.42 Å². The summed E-state index contributed by atoms with van der Waals surface area (Å²) in [6.07, 6.45) is 2.16. The second kappa shape index (κ2) is 3.70. The molecule has 0 aliphatic carbocycles. The molecule has 0 radical (unpaired) electrons. The molecule has 0 N–H and O–H groups in total. The average Bonchev–Trinajstić information content (AvgIpc) is 2.43. The first-order chi connectivity index (χ1) is 7.47. The fraction of sp³-hybridized carbons (Fsp3) is 0.333. The molecule has 0 bridgehead atoms. The van der Waals surface area contributed by atoms with Gasteiger partial charge in [-0.2, -0.15) is 0 Å². The fourth-order valence-corrected chi connectivity index (χ4v) is 1.64. The minimum atomic E-state index is -0.300. The van der Waals surface area contributed by atoms with Gasteiger partial charge in [0.2, 0.25) is 6.21 Å². The van der Waals surface area contributed by atoms with E-state index in [-0.39, 0.29) is 17.3 Å². The van der Waals surface area contributed by atoms with Gasteiger partial charge in [0.05, 0.1) is 0 Å². The van der Waals surface area contributed by atoms with E-state index in [0.717, 1.165) is 5.56 Å². The number of benzene rings is 1. The molecule has 0 saturated carbocycles. The Balaban J connectivity index is 2.34. The van der Waals surface area contributed by atoms with Crippen molar-refractivity contribution in [2.75, 3.05) is 0 Å². The molecule has 3 nitrogen and oxygen atoms in total. The number of hydrogen-bond donors (Lipinski definition) is 0. The van der Waals surface area contributed by atoms with Gasteiger partial charge in [-0.05, 0) is 29.4 Å². The van der Waals surface area contributed by atoms with Crippen LogP contribution in [0.15, 0.2) is 29.4 Å². The third kappa shape index (κ3) is 2.10. The fourth-order valence-electron chi connectivity index (χ4n) is 1.64. The summed E-state index contributed by atoms with van der Waals surface area (Å²) >= 11 is 0. The highest BCUT2D eigenvalue weighted by Crippen LogP contribution is 2.20. The van der Waals surface area contributed by atoms with Crippen LogP contribution in [0.25, 0.3) is 0 Å². The van der Waals surface area contributed by atoms with E-state index in [9.17, 15) is 9.50 Å². The van der Waals surface area contributed by atoms with Crippen LogP contribution in [0.4, 0.5) is 4.39 Å². The lowest BCUT2D eigenvalue weighted by molar-refractivity contribution is -0.591. The lowest BCUT2D eigenvalue weighted by Gasteiger charge is -2.10. The van der Waals surface area contributed by atoms with Crippen LogP contribution in [0.2, 0.25) is 0 Å². The molecular weight excluding hydrogens is 207 g/mol. The van der Waals surface area contributed by atoms with Gasteiger partial charge in [-0.15, -0.1) is 0 Å². The minimum absolute atomic E-state index is 0.122. The average molecular weight is 220 g/mol. The van der Waals surface area contributed by atoms with Crippen molar-refractivity contribution in [2.45, 2.75) is 25.8 Å². The van der Waals surface area contributed by atoms with Crippen LogP contribution in [0.5, 0.6) is 0 Å². The summed E-state index contributed by atoms with van der Waals surface area (Å²) in [5.74, 6) is -0.394. The molecule has 84 valence electrons. The van der Waals surface area contributed by atoms with Gasteiger partial charge in [0.15, 0.2) is 5.54 Å². The number of halogens is 1. The smallest absolute Gasteiger partial charge is 0.203 e. The topological polar surface area (TPSA) is 38.4 Å². The van der Waals surface area contributed by atoms with Crippen LogP contribution in [0, 0.1) is 5.82 Å². The van der Waals surface area contributed by atoms with Crippen LogP contribution in [-0.4, -0.2) is 22.3 Å². The zero-order valence-corrected chi connectivity index (χ0v) is 9.27. The van der Waals surface area contributed by atoms with Crippen molar-refractivity contribution in [1.29, 1.82) is 0 Å². The van der Waals surface area contributed by atoms with Crippen LogP contribution in [-0.2, 0) is 0 Å². The Morgan fingerprint density at radius 1 is 1.38 bits per heavy atom. The van der Waals surface area contributed by atoms with Crippen LogP contribution in [0.3, 0.4) is 0 Å². The molecule has 1 aromatic rings. The van der Waals surface area contributed by atoms with E-state index in [4.69, 9.17) is 0 Å². The molecule has 0 spiro atoms. The summed E-state index contributed by atoms with van der Waals surface area (Å²) in [7, 11) is 0. The Morgan fingerprint density at radius 3 is 2.50 bits per heavy atom. The van der Waals surface area contributed by atoms with Gasteiger partial charge in [-0.1, -0.05) is 4.68 Å². The summed E-state index contributed by atoms with van der Waals surface area (Å²) in [5, 5.41) is 15.1. The standard InChI is InChI=1S/C12H13FN2O/c1-12(2)7-11(16)14-15(12)8-9-3-5-10(13)6-4-9/h3-6,8H,7H2,1-2H3/b15-8-. The van der Waals surface area contributed by atoms with Crippen molar-refractivity contribution in [1.82, 2.24) is 0 Å². The monoisotopic (exact) mass is 220 g/mol. The largest absolute Gasteiger partial charge is 0.857 e. The first-order valence-electron chi connectivity index (χ1n) is 5.12. The first kappa shape index (κ1) is 10.8. The summed E-state index contributed by atoms with van der Waals surface area (Å²) in [6.45, 7) is 3.89. The lowest BCUT2D eigenvalue weighted by Crippen LogP contribution is -2.31. The van der Waals surface area contributed by atoms with Gasteiger partial charge >= 0.3 is 0 Å². The maximum atomic E-state index is 12.7. The molecule has 1 aliphatic rings. The zero-order valence-electron chi connectivity index (χ0n) is 9.27. The Bertz CT molecular complexity index is 460. The minimum Gasteiger partial charge on any atom is -0.857 e. The second-order valence-electron chi connectivity index (χ2n) is 4.51. The molecule has 0 fully saturated rings. The lowest BCUT2D eigenvalue weighted by atomic mass is 10.0. The quantitative estimate of drug-likeness (QED) is 0.653. The number of hydrogen-bond acceptors (Lipinski definition) is 2. The van der Waals surface area contributed by atoms with E-state index in [1.165, 1.54) is 12.1 Å². The second-order valence-corrected chi connectivity index (χ2v) is 4.51. The first-order valence-corrected chi connectivity index (χ1v) is 5.12. The Labute approximate surface area is 93.5 Å². The maximum absolute atomic E-state index is 12.7. The third-order valence-electron chi connectivity index (χ3n) is 2.56. The Morgan fingerprint density at radius 2 is 2.00 bits per heavy atom. The zero-order chi connectivity index (χ0) is 11.8. The Hall–Kier alpha value is -1.71. The van der Waals surface area contributed by atoms with Crippen molar-refractivity contribution in [3.63, 3.8) is 0 Å². The van der Waals surface area contributed by atoms with Gasteiger partial charge in [-0.3, -0.25) is 0 Å². The van der Waals surface area contributed by atoms with Crippen molar-refractivity contribution in [2.24, 2.45) is 5.10 Å². The summed E-state index contributed by atoms with van der Waals surface area (Å²) in [4.78, 5) is 0. The van der Waals surface area contributed by atoms with Crippen molar-refractivity contribution in [3.8, 4) is 0 Å². The van der Waals surface area contributed by atoms with E-state index < -0.39 is 0 Å². The number of nitrogens with zero attached hydrogens (tertiary/aromatic N) is 2. The highest BCUT2D eigenvalue weighted by atomic mass is 19.1. The molecule has 16 heavy (non-hydrogen) atoms. The van der Waals surface area contributed by atoms with Crippen molar-refractivity contribution >= 4 is 12.1 Å². The van der Waals surface area contributed by atoms with E-state index >= 15 is 0 Å². The molecule has 2 rings (SSSR count). The molecule has 4 heteroatoms. The highest BCUT2D eigenvalue weighted by Gasteiger charge is 2.36. The summed E-state index contributed by atoms with van der Waals surface area (Å²) < 4.78 is 14.4. The van der Waals surface area contributed by atoms with Crippen LogP contribution < -0.4 is 5.11 Å².